The van der Waals surface area contributed by atoms with Crippen LogP contribution in [0.4, 0.5) is 17.1 Å². The minimum absolute atomic E-state index is 0.213. The zero-order valence-electron chi connectivity index (χ0n) is 25.5. The summed E-state index contributed by atoms with van der Waals surface area (Å²) < 4.78 is 0. The average Bonchev–Trinajstić information content (AvgIpc) is 3.37. The van der Waals surface area contributed by atoms with Gasteiger partial charge in [0.15, 0.2) is 11.6 Å². The lowest BCUT2D eigenvalue weighted by atomic mass is 10.00. The molecule has 0 aliphatic heterocycles. The third-order valence-corrected chi connectivity index (χ3v) is 8.79. The van der Waals surface area contributed by atoms with E-state index >= 15 is 0 Å². The molecular formula is C44H29NO2. The highest BCUT2D eigenvalue weighted by Gasteiger charge is 2.32. The van der Waals surface area contributed by atoms with Gasteiger partial charge in [0.05, 0.1) is 11.3 Å². The molecule has 0 atom stereocenters. The molecule has 47 heavy (non-hydrogen) atoms. The van der Waals surface area contributed by atoms with E-state index in [-0.39, 0.29) is 17.1 Å². The Morgan fingerprint density at radius 2 is 0.915 bits per heavy atom. The van der Waals surface area contributed by atoms with Crippen molar-refractivity contribution in [1.82, 2.24) is 0 Å². The minimum Gasteiger partial charge on any atom is -0.310 e. The molecule has 0 N–H and O–H groups in total. The number of anilines is 3. The average molecular weight is 604 g/mol. The van der Waals surface area contributed by atoms with Crippen LogP contribution in [-0.4, -0.2) is 11.6 Å². The van der Waals surface area contributed by atoms with E-state index in [2.05, 4.69) is 126 Å². The molecule has 1 aliphatic carbocycles. The van der Waals surface area contributed by atoms with Crippen LogP contribution in [0.25, 0.3) is 39.1 Å². The van der Waals surface area contributed by atoms with Gasteiger partial charge in [-0.25, -0.2) is 0 Å². The molecule has 0 heterocycles. The molecular weight excluding hydrogens is 574 g/mol. The Bertz CT molecular complexity index is 2280. The van der Waals surface area contributed by atoms with E-state index in [0.29, 0.717) is 11.1 Å². The molecule has 222 valence electrons. The van der Waals surface area contributed by atoms with Crippen LogP contribution in [0.5, 0.6) is 0 Å². The van der Waals surface area contributed by atoms with E-state index in [0.717, 1.165) is 50.1 Å². The van der Waals surface area contributed by atoms with Crippen molar-refractivity contribution in [3.05, 3.63) is 192 Å². The second-order valence-electron chi connectivity index (χ2n) is 11.7. The Balaban J connectivity index is 1.21. The molecule has 3 heteroatoms. The van der Waals surface area contributed by atoms with Gasteiger partial charge in [-0.05, 0) is 75.5 Å². The molecule has 3 nitrogen and oxygen atoms in total. The monoisotopic (exact) mass is 603 g/mol. The summed E-state index contributed by atoms with van der Waals surface area (Å²) >= 11 is 0. The van der Waals surface area contributed by atoms with Gasteiger partial charge in [0.25, 0.3) is 0 Å². The number of benzene rings is 7. The number of carbonyl (C=O) groups excluding carboxylic acids is 2. The van der Waals surface area contributed by atoms with Crippen LogP contribution in [0.2, 0.25) is 0 Å². The Kier molecular flexibility index (Phi) is 7.12. The van der Waals surface area contributed by atoms with Gasteiger partial charge in [-0.3, -0.25) is 9.59 Å². The van der Waals surface area contributed by atoms with Crippen molar-refractivity contribution in [3.8, 4) is 22.3 Å². The van der Waals surface area contributed by atoms with E-state index in [1.165, 1.54) is 5.56 Å². The molecule has 0 aromatic heterocycles. The first-order valence-electron chi connectivity index (χ1n) is 15.7. The van der Waals surface area contributed by atoms with Gasteiger partial charge in [0.2, 0.25) is 0 Å². The summed E-state index contributed by atoms with van der Waals surface area (Å²) in [6.07, 6.45) is 1.72. The molecule has 0 spiro atoms. The highest BCUT2D eigenvalue weighted by Crippen LogP contribution is 2.42. The molecule has 0 fully saturated rings. The van der Waals surface area contributed by atoms with Crippen LogP contribution >= 0.6 is 0 Å². The number of hydrogen-bond donors (Lipinski definition) is 0. The largest absolute Gasteiger partial charge is 0.310 e. The number of rotatable bonds is 6. The SMILES string of the molecule is O=C1C(=Cc2ccc3cc(N(c4ccc(-c5ccccc5)cc4)c4ccccc4-c4ccccc4)ccc3c2)C(=O)c2ccccc21. The van der Waals surface area contributed by atoms with E-state index in [1.54, 1.807) is 30.3 Å². The standard InChI is InChI=1S/C44H29NO2/c46-43-39-16-7-8-17-40(39)44(47)41(43)28-30-19-20-35-29-37(26-23-34(35)27-30)45(36-24-21-32(22-25-36)31-11-3-1-4-12-31)42-18-10-9-15-38(42)33-13-5-2-6-14-33/h1-29H. The molecule has 1 aliphatic rings. The maximum absolute atomic E-state index is 13.0. The van der Waals surface area contributed by atoms with Gasteiger partial charge < -0.3 is 4.90 Å². The summed E-state index contributed by atoms with van der Waals surface area (Å²) in [7, 11) is 0. The molecule has 0 saturated heterocycles. The van der Waals surface area contributed by atoms with Crippen LogP contribution in [0.3, 0.4) is 0 Å². The zero-order valence-corrected chi connectivity index (χ0v) is 25.5. The molecule has 0 radical (unpaired) electrons. The maximum Gasteiger partial charge on any atom is 0.197 e. The summed E-state index contributed by atoms with van der Waals surface area (Å²) in [5.41, 5.74) is 9.74. The first-order valence-corrected chi connectivity index (χ1v) is 15.7. The van der Waals surface area contributed by atoms with Crippen LogP contribution in [0.1, 0.15) is 26.3 Å². The molecule has 7 aromatic rings. The van der Waals surface area contributed by atoms with Gasteiger partial charge in [0.1, 0.15) is 0 Å². The maximum atomic E-state index is 13.0. The lowest BCUT2D eigenvalue weighted by molar-refractivity contribution is 0.0990. The van der Waals surface area contributed by atoms with Crippen LogP contribution in [0.15, 0.2) is 175 Å². The van der Waals surface area contributed by atoms with Crippen LogP contribution < -0.4 is 4.90 Å². The summed E-state index contributed by atoms with van der Waals surface area (Å²) in [5.74, 6) is -0.431. The van der Waals surface area contributed by atoms with Crippen molar-refractivity contribution in [2.75, 3.05) is 4.90 Å². The number of carbonyl (C=O) groups is 2. The van der Waals surface area contributed by atoms with Gasteiger partial charge in [-0.2, -0.15) is 0 Å². The summed E-state index contributed by atoms with van der Waals surface area (Å²) in [6, 6.07) is 57.6. The lowest BCUT2D eigenvalue weighted by Crippen LogP contribution is -2.11. The minimum atomic E-state index is -0.216. The van der Waals surface area contributed by atoms with E-state index in [4.69, 9.17) is 0 Å². The van der Waals surface area contributed by atoms with Crippen molar-refractivity contribution in [2.45, 2.75) is 0 Å². The molecule has 8 rings (SSSR count). The Morgan fingerprint density at radius 1 is 0.404 bits per heavy atom. The first kappa shape index (κ1) is 28.2. The van der Waals surface area contributed by atoms with E-state index in [9.17, 15) is 9.59 Å². The predicted octanol–water partition coefficient (Wildman–Crippen LogP) is 11.1. The highest BCUT2D eigenvalue weighted by atomic mass is 16.2. The second-order valence-corrected chi connectivity index (χ2v) is 11.7. The highest BCUT2D eigenvalue weighted by molar-refractivity contribution is 6.41. The fourth-order valence-corrected chi connectivity index (χ4v) is 6.44. The number of allylic oxidation sites excluding steroid dienone is 1. The van der Waals surface area contributed by atoms with Crippen molar-refractivity contribution in [2.24, 2.45) is 0 Å². The van der Waals surface area contributed by atoms with Crippen LogP contribution in [0, 0.1) is 0 Å². The number of ketones is 2. The third-order valence-electron chi connectivity index (χ3n) is 8.79. The van der Waals surface area contributed by atoms with Gasteiger partial charge in [-0.1, -0.05) is 133 Å². The smallest absolute Gasteiger partial charge is 0.197 e. The van der Waals surface area contributed by atoms with Crippen molar-refractivity contribution < 1.29 is 9.59 Å². The van der Waals surface area contributed by atoms with Crippen molar-refractivity contribution >= 4 is 45.5 Å². The number of Topliss-reactive ketones (excluding diaryl/α,β-unsaturated/α-hetero) is 2. The molecule has 7 aromatic carbocycles. The number of fused-ring (bicyclic) bond motifs is 2. The fraction of sp³-hybridized carbons (Fsp3) is 0. The molecule has 0 bridgehead atoms. The van der Waals surface area contributed by atoms with Gasteiger partial charge >= 0.3 is 0 Å². The van der Waals surface area contributed by atoms with Crippen molar-refractivity contribution in [1.29, 1.82) is 0 Å². The molecule has 0 amide bonds. The number of nitrogens with zero attached hydrogens (tertiary/aromatic N) is 1. The number of hydrogen-bond acceptors (Lipinski definition) is 3. The van der Waals surface area contributed by atoms with Gasteiger partial charge in [-0.15, -0.1) is 0 Å². The predicted molar refractivity (Wildman–Crippen MR) is 193 cm³/mol. The lowest BCUT2D eigenvalue weighted by Gasteiger charge is -2.28. The summed E-state index contributed by atoms with van der Waals surface area (Å²) in [6.45, 7) is 0. The topological polar surface area (TPSA) is 37.4 Å². The summed E-state index contributed by atoms with van der Waals surface area (Å²) in [5, 5.41) is 2.08. The van der Waals surface area contributed by atoms with Gasteiger partial charge in [0, 0.05) is 28.1 Å². The second kappa shape index (κ2) is 11.9. The number of para-hydroxylation sites is 1. The normalized spacial score (nSPS) is 12.3. The fourth-order valence-electron chi connectivity index (χ4n) is 6.44. The Morgan fingerprint density at radius 3 is 1.60 bits per heavy atom. The quantitative estimate of drug-likeness (QED) is 0.140. The van der Waals surface area contributed by atoms with Crippen LogP contribution in [-0.2, 0) is 0 Å². The first-order chi connectivity index (χ1) is 23.1. The summed E-state index contributed by atoms with van der Waals surface area (Å²) in [4.78, 5) is 28.3. The molecule has 0 unspecified atom stereocenters. The Hall–Kier alpha value is -6.32. The molecule has 0 saturated carbocycles. The third kappa shape index (κ3) is 5.24. The zero-order chi connectivity index (χ0) is 31.7. The van der Waals surface area contributed by atoms with E-state index < -0.39 is 0 Å². The van der Waals surface area contributed by atoms with E-state index in [1.807, 2.05) is 24.3 Å². The van der Waals surface area contributed by atoms with Crippen molar-refractivity contribution in [3.63, 3.8) is 0 Å². The Labute approximate surface area is 273 Å².